The molecule has 0 saturated heterocycles. The van der Waals surface area contributed by atoms with Gasteiger partial charge in [-0.1, -0.05) is 35.9 Å². The van der Waals surface area contributed by atoms with Crippen LogP contribution in [0.4, 0.5) is 4.39 Å². The molecule has 0 aliphatic heterocycles. The van der Waals surface area contributed by atoms with Gasteiger partial charge >= 0.3 is 5.97 Å². The second-order valence-electron chi connectivity index (χ2n) is 5.18. The zero-order chi connectivity index (χ0) is 15.4. The lowest BCUT2D eigenvalue weighted by Gasteiger charge is -2.13. The van der Waals surface area contributed by atoms with Crippen molar-refractivity contribution in [1.29, 1.82) is 0 Å². The number of carboxylic acid groups (broad SMARTS) is 1. The Kier molecular flexibility index (Phi) is 5.12. The molecule has 4 heteroatoms. The fourth-order valence-corrected chi connectivity index (χ4v) is 2.63. The van der Waals surface area contributed by atoms with Gasteiger partial charge in [-0.15, -0.1) is 0 Å². The molecule has 0 heterocycles. The summed E-state index contributed by atoms with van der Waals surface area (Å²) in [6, 6.07) is 12.5. The second kappa shape index (κ2) is 6.85. The van der Waals surface area contributed by atoms with E-state index in [0.29, 0.717) is 17.3 Å². The number of aryl methyl sites for hydroxylation is 1. The van der Waals surface area contributed by atoms with E-state index >= 15 is 0 Å². The lowest BCUT2D eigenvalue weighted by atomic mass is 9.92. The summed E-state index contributed by atoms with van der Waals surface area (Å²) in [6.45, 7) is 1.99. The molecule has 2 nitrogen and oxygen atoms in total. The first kappa shape index (κ1) is 15.7. The molecule has 0 aromatic heterocycles. The minimum absolute atomic E-state index is 0.343. The molecule has 0 aliphatic carbocycles. The molecule has 1 N–H and O–H groups in total. The summed E-state index contributed by atoms with van der Waals surface area (Å²) in [5, 5.41) is 9.39. The third-order valence-electron chi connectivity index (χ3n) is 3.42. The van der Waals surface area contributed by atoms with Gasteiger partial charge in [0.1, 0.15) is 5.82 Å². The third-order valence-corrected chi connectivity index (χ3v) is 4.03. The molecule has 1 unspecified atom stereocenters. The van der Waals surface area contributed by atoms with Crippen LogP contribution in [-0.2, 0) is 17.6 Å². The number of hydrogen-bond donors (Lipinski definition) is 1. The average molecular weight is 351 g/mol. The Morgan fingerprint density at radius 3 is 2.29 bits per heavy atom. The molecule has 0 amide bonds. The highest BCUT2D eigenvalue weighted by Gasteiger charge is 2.19. The Hall–Kier alpha value is -1.68. The number of carboxylic acids is 1. The van der Waals surface area contributed by atoms with E-state index in [9.17, 15) is 14.3 Å². The average Bonchev–Trinajstić information content (AvgIpc) is 2.44. The molecule has 0 aliphatic rings. The number of halogens is 2. The number of benzene rings is 2. The normalized spacial score (nSPS) is 12.1. The predicted octanol–water partition coefficient (Wildman–Crippen LogP) is 4.38. The van der Waals surface area contributed by atoms with Gasteiger partial charge in [0, 0.05) is 0 Å². The maximum Gasteiger partial charge on any atom is 0.307 e. The van der Waals surface area contributed by atoms with E-state index in [4.69, 9.17) is 0 Å². The second-order valence-corrected chi connectivity index (χ2v) is 6.03. The van der Waals surface area contributed by atoms with Crippen LogP contribution in [0.15, 0.2) is 46.9 Å². The van der Waals surface area contributed by atoms with Crippen molar-refractivity contribution < 1.29 is 14.3 Å². The smallest absolute Gasteiger partial charge is 0.307 e. The summed E-state index contributed by atoms with van der Waals surface area (Å²) in [4.78, 5) is 11.4. The van der Waals surface area contributed by atoms with Crippen molar-refractivity contribution >= 4 is 21.9 Å². The summed E-state index contributed by atoms with van der Waals surface area (Å²) < 4.78 is 13.6. The maximum absolute atomic E-state index is 13.2. The van der Waals surface area contributed by atoms with E-state index in [0.717, 1.165) is 16.7 Å². The van der Waals surface area contributed by atoms with Gasteiger partial charge in [0.25, 0.3) is 0 Å². The van der Waals surface area contributed by atoms with Crippen LogP contribution in [0.2, 0.25) is 0 Å². The highest BCUT2D eigenvalue weighted by Crippen LogP contribution is 2.21. The molecule has 21 heavy (non-hydrogen) atoms. The van der Waals surface area contributed by atoms with Gasteiger partial charge in [-0.25, -0.2) is 4.39 Å². The molecule has 0 radical (unpaired) electrons. The first-order chi connectivity index (χ1) is 9.95. The SMILES string of the molecule is Cc1ccc(CC(Cc2ccc(F)c(Br)c2)C(=O)O)cc1. The summed E-state index contributed by atoms with van der Waals surface area (Å²) in [6.07, 6.45) is 0.840. The molecule has 2 rings (SSSR count). The molecular weight excluding hydrogens is 335 g/mol. The van der Waals surface area contributed by atoms with Gasteiger partial charge in [0.15, 0.2) is 0 Å². The quantitative estimate of drug-likeness (QED) is 0.868. The standard InChI is InChI=1S/C17H16BrFO2/c1-11-2-4-12(5-3-11)8-14(17(20)21)9-13-6-7-16(19)15(18)10-13/h2-7,10,14H,8-9H2,1H3,(H,20,21). The third kappa shape index (κ3) is 4.39. The molecule has 0 saturated carbocycles. The summed E-state index contributed by atoms with van der Waals surface area (Å²) in [5.74, 6) is -1.70. The Labute approximate surface area is 131 Å². The summed E-state index contributed by atoms with van der Waals surface area (Å²) in [7, 11) is 0. The van der Waals surface area contributed by atoms with E-state index in [1.807, 2.05) is 31.2 Å². The topological polar surface area (TPSA) is 37.3 Å². The number of hydrogen-bond acceptors (Lipinski definition) is 1. The van der Waals surface area contributed by atoms with E-state index < -0.39 is 11.9 Å². The lowest BCUT2D eigenvalue weighted by Crippen LogP contribution is -2.19. The van der Waals surface area contributed by atoms with Crippen molar-refractivity contribution in [2.75, 3.05) is 0 Å². The molecule has 110 valence electrons. The Morgan fingerprint density at radius 2 is 1.71 bits per heavy atom. The minimum atomic E-state index is -0.837. The molecule has 0 spiro atoms. The van der Waals surface area contributed by atoms with Gasteiger partial charge in [-0.3, -0.25) is 4.79 Å². The first-order valence-corrected chi connectivity index (χ1v) is 7.47. The molecule has 0 fully saturated rings. The zero-order valence-corrected chi connectivity index (χ0v) is 13.2. The fourth-order valence-electron chi connectivity index (χ4n) is 2.21. The van der Waals surface area contributed by atoms with E-state index in [-0.39, 0.29) is 5.82 Å². The van der Waals surface area contributed by atoms with Crippen molar-refractivity contribution in [3.05, 3.63) is 69.4 Å². The van der Waals surface area contributed by atoms with Crippen LogP contribution < -0.4 is 0 Å². The fraction of sp³-hybridized carbons (Fsp3) is 0.235. The van der Waals surface area contributed by atoms with Crippen LogP contribution in [0.25, 0.3) is 0 Å². The Balaban J connectivity index is 2.13. The van der Waals surface area contributed by atoms with Crippen molar-refractivity contribution in [2.45, 2.75) is 19.8 Å². The van der Waals surface area contributed by atoms with Gasteiger partial charge in [-0.05, 0) is 59.0 Å². The monoisotopic (exact) mass is 350 g/mol. The molecular formula is C17H16BrFO2. The molecule has 2 aromatic rings. The van der Waals surface area contributed by atoms with Gasteiger partial charge in [-0.2, -0.15) is 0 Å². The van der Waals surface area contributed by atoms with Crippen LogP contribution in [-0.4, -0.2) is 11.1 Å². The van der Waals surface area contributed by atoms with Crippen LogP contribution >= 0.6 is 15.9 Å². The largest absolute Gasteiger partial charge is 0.481 e. The van der Waals surface area contributed by atoms with E-state index in [1.165, 1.54) is 6.07 Å². The highest BCUT2D eigenvalue weighted by atomic mass is 79.9. The number of aliphatic carboxylic acids is 1. The molecule has 0 bridgehead atoms. The van der Waals surface area contributed by atoms with Crippen LogP contribution in [0.1, 0.15) is 16.7 Å². The van der Waals surface area contributed by atoms with E-state index in [1.54, 1.807) is 12.1 Å². The minimum Gasteiger partial charge on any atom is -0.481 e. The highest BCUT2D eigenvalue weighted by molar-refractivity contribution is 9.10. The van der Waals surface area contributed by atoms with Crippen molar-refractivity contribution in [3.8, 4) is 0 Å². The van der Waals surface area contributed by atoms with Gasteiger partial charge in [0.05, 0.1) is 10.4 Å². The van der Waals surface area contributed by atoms with Crippen molar-refractivity contribution in [3.63, 3.8) is 0 Å². The lowest BCUT2D eigenvalue weighted by molar-refractivity contribution is -0.141. The van der Waals surface area contributed by atoms with Crippen LogP contribution in [0.3, 0.4) is 0 Å². The van der Waals surface area contributed by atoms with Crippen molar-refractivity contribution in [2.24, 2.45) is 5.92 Å². The predicted molar refractivity (Wildman–Crippen MR) is 83.8 cm³/mol. The first-order valence-electron chi connectivity index (χ1n) is 6.68. The number of rotatable bonds is 5. The zero-order valence-electron chi connectivity index (χ0n) is 11.6. The maximum atomic E-state index is 13.2. The van der Waals surface area contributed by atoms with Crippen molar-refractivity contribution in [1.82, 2.24) is 0 Å². The Morgan fingerprint density at radius 1 is 1.14 bits per heavy atom. The number of carbonyl (C=O) groups is 1. The summed E-state index contributed by atoms with van der Waals surface area (Å²) in [5.41, 5.74) is 2.95. The summed E-state index contributed by atoms with van der Waals surface area (Å²) >= 11 is 3.13. The van der Waals surface area contributed by atoms with Gasteiger partial charge in [0.2, 0.25) is 0 Å². The van der Waals surface area contributed by atoms with Crippen LogP contribution in [0, 0.1) is 18.7 Å². The Bertz CT molecular complexity index is 638. The molecule has 2 aromatic carbocycles. The van der Waals surface area contributed by atoms with Crippen LogP contribution in [0.5, 0.6) is 0 Å². The van der Waals surface area contributed by atoms with E-state index in [2.05, 4.69) is 15.9 Å². The molecule has 1 atom stereocenters. The van der Waals surface area contributed by atoms with Gasteiger partial charge < -0.3 is 5.11 Å².